The van der Waals surface area contributed by atoms with Crippen molar-refractivity contribution in [1.29, 1.82) is 0 Å². The Labute approximate surface area is 126 Å². The van der Waals surface area contributed by atoms with E-state index in [0.717, 1.165) is 12.1 Å². The maximum absolute atomic E-state index is 12.7. The highest BCUT2D eigenvalue weighted by Gasteiger charge is 2.30. The minimum Gasteiger partial charge on any atom is -0.466 e. The predicted octanol–water partition coefficient (Wildman–Crippen LogP) is 4.09. The monoisotopic (exact) mass is 306 g/mol. The van der Waals surface area contributed by atoms with Crippen LogP contribution in [-0.4, -0.2) is 13.9 Å². The Kier molecular flexibility index (Phi) is 5.08. The van der Waals surface area contributed by atoms with Crippen LogP contribution in [0.1, 0.15) is 16.7 Å². The van der Waals surface area contributed by atoms with Gasteiger partial charge in [-0.05, 0) is 30.3 Å². The van der Waals surface area contributed by atoms with Gasteiger partial charge in [-0.1, -0.05) is 30.0 Å². The number of methoxy groups -OCH3 is 1. The van der Waals surface area contributed by atoms with E-state index < -0.39 is 11.7 Å². The molecule has 0 aromatic heterocycles. The van der Waals surface area contributed by atoms with Crippen LogP contribution in [0.4, 0.5) is 13.2 Å². The molecule has 0 heterocycles. The average molecular weight is 306 g/mol. The average Bonchev–Trinajstić information content (AvgIpc) is 2.51. The third kappa shape index (κ3) is 4.27. The van der Waals surface area contributed by atoms with Gasteiger partial charge in [-0.2, -0.15) is 13.2 Å². The van der Waals surface area contributed by atoms with Crippen molar-refractivity contribution in [3.05, 3.63) is 65.2 Å². The highest BCUT2D eigenvalue weighted by molar-refractivity contribution is 5.50. The lowest BCUT2D eigenvalue weighted by molar-refractivity contribution is -0.137. The first kappa shape index (κ1) is 15.9. The maximum Gasteiger partial charge on any atom is 0.416 e. The van der Waals surface area contributed by atoms with E-state index >= 15 is 0 Å². The van der Waals surface area contributed by atoms with Gasteiger partial charge < -0.3 is 9.47 Å². The van der Waals surface area contributed by atoms with Crippen molar-refractivity contribution in [1.82, 2.24) is 0 Å². The van der Waals surface area contributed by atoms with E-state index in [-0.39, 0.29) is 12.4 Å². The number of para-hydroxylation sites is 1. The molecule has 0 radical (unpaired) electrons. The van der Waals surface area contributed by atoms with Gasteiger partial charge in [0.2, 0.25) is 0 Å². The molecule has 0 amide bonds. The van der Waals surface area contributed by atoms with Crippen LogP contribution in [0.2, 0.25) is 0 Å². The summed E-state index contributed by atoms with van der Waals surface area (Å²) in [6.07, 6.45) is -4.38. The molecule has 0 N–H and O–H groups in total. The number of ether oxygens (including phenoxy) is 2. The van der Waals surface area contributed by atoms with Crippen LogP contribution >= 0.6 is 0 Å². The van der Waals surface area contributed by atoms with Crippen LogP contribution < -0.4 is 4.74 Å². The van der Waals surface area contributed by atoms with Crippen LogP contribution in [0.15, 0.2) is 48.5 Å². The molecule has 114 valence electrons. The van der Waals surface area contributed by atoms with Crippen molar-refractivity contribution in [3.63, 3.8) is 0 Å². The van der Waals surface area contributed by atoms with Crippen molar-refractivity contribution in [2.45, 2.75) is 6.18 Å². The Morgan fingerprint density at radius 2 is 1.77 bits per heavy atom. The molecular formula is C17H13F3O2. The number of hydrogen-bond donors (Lipinski definition) is 0. The number of alkyl halides is 3. The zero-order chi connectivity index (χ0) is 16.0. The van der Waals surface area contributed by atoms with E-state index in [1.54, 1.807) is 24.3 Å². The second-order valence-electron chi connectivity index (χ2n) is 4.38. The molecular weight excluding hydrogens is 293 g/mol. The van der Waals surface area contributed by atoms with E-state index in [2.05, 4.69) is 11.8 Å². The van der Waals surface area contributed by atoms with Crippen molar-refractivity contribution in [2.75, 3.05) is 13.9 Å². The standard InChI is InChI=1S/C17H13F3O2/c1-21-12-22-16-8-3-2-6-14(16)10-9-13-5-4-7-15(11-13)17(18,19)20/h2-8,11H,12H2,1H3. The lowest BCUT2D eigenvalue weighted by Gasteiger charge is -2.06. The Morgan fingerprint density at radius 1 is 1.00 bits per heavy atom. The fourth-order valence-electron chi connectivity index (χ4n) is 1.73. The van der Waals surface area contributed by atoms with Crippen molar-refractivity contribution in [3.8, 4) is 17.6 Å². The molecule has 0 saturated carbocycles. The third-order valence-corrected chi connectivity index (χ3v) is 2.75. The molecule has 0 unspecified atom stereocenters. The molecule has 2 aromatic carbocycles. The number of halogens is 3. The van der Waals surface area contributed by atoms with Gasteiger partial charge in [-0.15, -0.1) is 0 Å². The van der Waals surface area contributed by atoms with E-state index in [1.165, 1.54) is 19.2 Å². The van der Waals surface area contributed by atoms with Crippen molar-refractivity contribution < 1.29 is 22.6 Å². The maximum atomic E-state index is 12.7. The van der Waals surface area contributed by atoms with E-state index in [4.69, 9.17) is 9.47 Å². The zero-order valence-electron chi connectivity index (χ0n) is 11.8. The summed E-state index contributed by atoms with van der Waals surface area (Å²) in [5, 5.41) is 0. The lowest BCUT2D eigenvalue weighted by atomic mass is 10.1. The highest BCUT2D eigenvalue weighted by atomic mass is 19.4. The van der Waals surface area contributed by atoms with Crippen LogP contribution in [0, 0.1) is 11.8 Å². The van der Waals surface area contributed by atoms with Gasteiger partial charge in [0, 0.05) is 12.7 Å². The second-order valence-corrected chi connectivity index (χ2v) is 4.38. The minimum atomic E-state index is -4.38. The van der Waals surface area contributed by atoms with Crippen LogP contribution in [0.5, 0.6) is 5.75 Å². The molecule has 2 aromatic rings. The third-order valence-electron chi connectivity index (χ3n) is 2.75. The van der Waals surface area contributed by atoms with Gasteiger partial charge in [0.05, 0.1) is 11.1 Å². The summed E-state index contributed by atoms with van der Waals surface area (Å²) in [5.41, 5.74) is 0.150. The van der Waals surface area contributed by atoms with E-state index in [0.29, 0.717) is 11.3 Å². The summed E-state index contributed by atoms with van der Waals surface area (Å²) in [6, 6.07) is 11.9. The fraction of sp³-hybridized carbons (Fsp3) is 0.176. The Hall–Kier alpha value is -2.45. The summed E-state index contributed by atoms with van der Waals surface area (Å²) in [6.45, 7) is 0.0717. The zero-order valence-corrected chi connectivity index (χ0v) is 11.8. The minimum absolute atomic E-state index is 0.0717. The van der Waals surface area contributed by atoms with Crippen molar-refractivity contribution >= 4 is 0 Å². The molecule has 22 heavy (non-hydrogen) atoms. The SMILES string of the molecule is COCOc1ccccc1C#Cc1cccc(C(F)(F)F)c1. The number of rotatable bonds is 3. The van der Waals surface area contributed by atoms with Crippen LogP contribution in [0.25, 0.3) is 0 Å². The van der Waals surface area contributed by atoms with Gasteiger partial charge in [0.25, 0.3) is 0 Å². The number of benzene rings is 2. The highest BCUT2D eigenvalue weighted by Crippen LogP contribution is 2.29. The van der Waals surface area contributed by atoms with E-state index in [9.17, 15) is 13.2 Å². The molecule has 2 rings (SSSR count). The number of hydrogen-bond acceptors (Lipinski definition) is 2. The summed E-state index contributed by atoms with van der Waals surface area (Å²) in [7, 11) is 1.50. The van der Waals surface area contributed by atoms with Gasteiger partial charge in [-0.3, -0.25) is 0 Å². The molecule has 0 saturated heterocycles. The lowest BCUT2D eigenvalue weighted by Crippen LogP contribution is -2.04. The van der Waals surface area contributed by atoms with Gasteiger partial charge in [0.15, 0.2) is 6.79 Å². The normalized spacial score (nSPS) is 10.7. The Balaban J connectivity index is 2.27. The predicted molar refractivity (Wildman–Crippen MR) is 76.4 cm³/mol. The van der Waals surface area contributed by atoms with E-state index in [1.807, 2.05) is 0 Å². The Morgan fingerprint density at radius 3 is 2.50 bits per heavy atom. The molecule has 5 heteroatoms. The summed E-state index contributed by atoms with van der Waals surface area (Å²) < 4.78 is 48.1. The first-order valence-corrected chi connectivity index (χ1v) is 6.41. The quantitative estimate of drug-likeness (QED) is 0.628. The second kappa shape index (κ2) is 7.01. The van der Waals surface area contributed by atoms with Gasteiger partial charge in [-0.25, -0.2) is 0 Å². The molecule has 2 nitrogen and oxygen atoms in total. The molecule has 0 fully saturated rings. The largest absolute Gasteiger partial charge is 0.466 e. The first-order chi connectivity index (χ1) is 10.5. The summed E-state index contributed by atoms with van der Waals surface area (Å²) in [5.74, 6) is 6.06. The van der Waals surface area contributed by atoms with Gasteiger partial charge in [0.1, 0.15) is 5.75 Å². The van der Waals surface area contributed by atoms with Crippen LogP contribution in [-0.2, 0) is 10.9 Å². The van der Waals surface area contributed by atoms with Crippen molar-refractivity contribution in [2.24, 2.45) is 0 Å². The molecule has 0 aliphatic carbocycles. The molecule has 0 spiro atoms. The molecule has 0 bridgehead atoms. The summed E-state index contributed by atoms with van der Waals surface area (Å²) >= 11 is 0. The Bertz CT molecular complexity index is 697. The van der Waals surface area contributed by atoms with Gasteiger partial charge >= 0.3 is 6.18 Å². The van der Waals surface area contributed by atoms with Crippen LogP contribution in [0.3, 0.4) is 0 Å². The molecule has 0 atom stereocenters. The molecule has 0 aliphatic rings. The topological polar surface area (TPSA) is 18.5 Å². The fourth-order valence-corrected chi connectivity index (χ4v) is 1.73. The molecule has 0 aliphatic heterocycles. The summed E-state index contributed by atoms with van der Waals surface area (Å²) in [4.78, 5) is 0. The first-order valence-electron chi connectivity index (χ1n) is 6.41. The smallest absolute Gasteiger partial charge is 0.416 e.